The standard InChI is InChI=1S/C78H42/c1-9-25-61-53(17-1)47-54-18-2-10-26-62(54)69(61)37-33-51-35-39-73-76(44-42-72-67-31-15-7-23-59(67)50-60-24-8-16-32-68(60)72)78-46-52(34-38-70-63-27-11-3-19-55(63)48-56-20-4-12-28-64(56)70)36-40-74(78)75(77(73)45-51)43-41-71-65-29-13-5-21-57(65)49-58-22-6-14-30-66(58)71/h1-32,35-36,39-40,45-50H. The second-order valence-electron chi connectivity index (χ2n) is 20.0. The fourth-order valence-corrected chi connectivity index (χ4v) is 11.8. The summed E-state index contributed by atoms with van der Waals surface area (Å²) in [5, 5.41) is 22.3. The van der Waals surface area contributed by atoms with Crippen LogP contribution in [0.2, 0.25) is 0 Å². The summed E-state index contributed by atoms with van der Waals surface area (Å²) < 4.78 is 0. The van der Waals surface area contributed by atoms with Gasteiger partial charge in [0.05, 0.1) is 0 Å². The van der Waals surface area contributed by atoms with E-state index in [9.17, 15) is 0 Å². The molecule has 0 saturated carbocycles. The molecule has 0 unspecified atom stereocenters. The second kappa shape index (κ2) is 18.5. The fourth-order valence-electron chi connectivity index (χ4n) is 11.8. The number of fused-ring (bicyclic) bond motifs is 10. The van der Waals surface area contributed by atoms with E-state index in [0.29, 0.717) is 0 Å². The van der Waals surface area contributed by atoms with Gasteiger partial charge in [-0.05, 0) is 145 Å². The highest BCUT2D eigenvalue weighted by molar-refractivity contribution is 6.13. The van der Waals surface area contributed by atoms with Crippen LogP contribution in [-0.4, -0.2) is 0 Å². The molecule has 15 rings (SSSR count). The third-order valence-corrected chi connectivity index (χ3v) is 15.5. The van der Waals surface area contributed by atoms with E-state index in [2.05, 4.69) is 302 Å². The Bertz CT molecular complexity index is 4800. The summed E-state index contributed by atoms with van der Waals surface area (Å²) in [6.07, 6.45) is 0. The van der Waals surface area contributed by atoms with Gasteiger partial charge in [0.2, 0.25) is 0 Å². The Morgan fingerprint density at radius 2 is 0.333 bits per heavy atom. The molecule has 0 radical (unpaired) electrons. The van der Waals surface area contributed by atoms with Crippen LogP contribution < -0.4 is 0 Å². The van der Waals surface area contributed by atoms with Crippen LogP contribution in [0.4, 0.5) is 0 Å². The second-order valence-corrected chi connectivity index (χ2v) is 20.0. The highest BCUT2D eigenvalue weighted by Crippen LogP contribution is 2.37. The Labute approximate surface area is 451 Å². The van der Waals surface area contributed by atoms with Gasteiger partial charge >= 0.3 is 0 Å². The number of rotatable bonds is 0. The first-order valence-electron chi connectivity index (χ1n) is 26.4. The van der Waals surface area contributed by atoms with Crippen molar-refractivity contribution in [1.82, 2.24) is 0 Å². The number of hydrogen-bond acceptors (Lipinski definition) is 0. The van der Waals surface area contributed by atoms with E-state index in [4.69, 9.17) is 0 Å². The normalized spacial score (nSPS) is 11.2. The summed E-state index contributed by atoms with van der Waals surface area (Å²) in [7, 11) is 0. The van der Waals surface area contributed by atoms with E-state index in [1.807, 2.05) is 0 Å². The topological polar surface area (TPSA) is 0 Å². The predicted octanol–water partition coefficient (Wildman–Crippen LogP) is 18.8. The highest BCUT2D eigenvalue weighted by Gasteiger charge is 2.16. The Balaban J connectivity index is 1.03. The third kappa shape index (κ3) is 7.65. The summed E-state index contributed by atoms with van der Waals surface area (Å²) >= 11 is 0. The maximum Gasteiger partial charge on any atom is 0.0407 e. The first kappa shape index (κ1) is 44.6. The zero-order valence-corrected chi connectivity index (χ0v) is 42.2. The molecule has 0 atom stereocenters. The van der Waals surface area contributed by atoms with Crippen LogP contribution in [-0.2, 0) is 0 Å². The molecule has 0 N–H and O–H groups in total. The Morgan fingerprint density at radius 3 is 0.564 bits per heavy atom. The zero-order valence-electron chi connectivity index (χ0n) is 42.2. The molecule has 0 nitrogen and oxygen atoms in total. The lowest BCUT2D eigenvalue weighted by atomic mass is 9.89. The Morgan fingerprint density at radius 1 is 0.141 bits per heavy atom. The molecule has 354 valence electrons. The van der Waals surface area contributed by atoms with Crippen LogP contribution in [0.1, 0.15) is 44.5 Å². The summed E-state index contributed by atoms with van der Waals surface area (Å²) in [5.41, 5.74) is 7.64. The lowest BCUT2D eigenvalue weighted by Gasteiger charge is -2.13. The van der Waals surface area contributed by atoms with E-state index in [1.54, 1.807) is 0 Å². The van der Waals surface area contributed by atoms with Crippen LogP contribution >= 0.6 is 0 Å². The first-order valence-corrected chi connectivity index (χ1v) is 26.4. The third-order valence-electron chi connectivity index (χ3n) is 15.5. The molecule has 78 heavy (non-hydrogen) atoms. The molecule has 0 heteroatoms. The van der Waals surface area contributed by atoms with Crippen molar-refractivity contribution < 1.29 is 0 Å². The lowest BCUT2D eigenvalue weighted by Crippen LogP contribution is -1.94. The van der Waals surface area contributed by atoms with Crippen molar-refractivity contribution in [1.29, 1.82) is 0 Å². The SMILES string of the molecule is C(#Cc1c2ccccc2cc2ccccc12)c1ccc2c(C#Cc3c4ccccc4cc4ccccc34)c3cc(C#Cc4c5ccccc5cc5ccccc45)ccc3c(C#Cc3c4ccccc4cc4ccccc34)c2c1. The van der Waals surface area contributed by atoms with E-state index >= 15 is 0 Å². The van der Waals surface area contributed by atoms with Gasteiger partial charge in [-0.1, -0.05) is 254 Å². The van der Waals surface area contributed by atoms with Crippen LogP contribution in [0.15, 0.2) is 255 Å². The monoisotopic (exact) mass is 978 g/mol. The average Bonchev–Trinajstić information content (AvgIpc) is 3.53. The van der Waals surface area contributed by atoms with Gasteiger partial charge in [-0.15, -0.1) is 0 Å². The average molecular weight is 979 g/mol. The van der Waals surface area contributed by atoms with Gasteiger partial charge in [0.1, 0.15) is 0 Å². The molecule has 0 bridgehead atoms. The van der Waals surface area contributed by atoms with Crippen molar-refractivity contribution >= 4 is 108 Å². The predicted molar refractivity (Wildman–Crippen MR) is 331 cm³/mol. The quantitative estimate of drug-likeness (QED) is 0.105. The smallest absolute Gasteiger partial charge is 0.0407 e. The maximum absolute atomic E-state index is 3.87. The van der Waals surface area contributed by atoms with Gasteiger partial charge in [-0.3, -0.25) is 0 Å². The van der Waals surface area contributed by atoms with E-state index in [0.717, 1.165) is 131 Å². The van der Waals surface area contributed by atoms with Crippen molar-refractivity contribution in [3.63, 3.8) is 0 Å². The minimum atomic E-state index is 0.890. The van der Waals surface area contributed by atoms with E-state index < -0.39 is 0 Å². The molecular formula is C78H42. The summed E-state index contributed by atoms with van der Waals surface area (Å²) in [5.74, 6) is 30.1. The van der Waals surface area contributed by atoms with Gasteiger partial charge in [0.25, 0.3) is 0 Å². The molecule has 0 heterocycles. The van der Waals surface area contributed by atoms with E-state index in [1.165, 1.54) is 21.5 Å². The molecule has 0 fully saturated rings. The van der Waals surface area contributed by atoms with Gasteiger partial charge in [-0.25, -0.2) is 0 Å². The van der Waals surface area contributed by atoms with Crippen molar-refractivity contribution in [2.45, 2.75) is 0 Å². The van der Waals surface area contributed by atoms with Crippen LogP contribution in [0, 0.1) is 47.4 Å². The molecular weight excluding hydrogens is 937 g/mol. The molecule has 0 aromatic heterocycles. The minimum Gasteiger partial charge on any atom is -0.0616 e. The number of hydrogen-bond donors (Lipinski definition) is 0. The molecule has 0 spiro atoms. The highest BCUT2D eigenvalue weighted by atomic mass is 14.2. The molecule has 15 aromatic carbocycles. The van der Waals surface area contributed by atoms with Gasteiger partial charge in [0, 0.05) is 55.3 Å². The summed E-state index contributed by atoms with van der Waals surface area (Å²) in [6.45, 7) is 0. The zero-order chi connectivity index (χ0) is 51.5. The molecule has 0 aliphatic rings. The minimum absolute atomic E-state index is 0.890. The largest absolute Gasteiger partial charge is 0.0616 e. The number of benzene rings is 15. The van der Waals surface area contributed by atoms with Gasteiger partial charge < -0.3 is 0 Å². The molecule has 0 aliphatic heterocycles. The Kier molecular flexibility index (Phi) is 10.6. The molecule has 15 aromatic rings. The lowest BCUT2D eigenvalue weighted by molar-refractivity contribution is 1.65. The summed E-state index contributed by atoms with van der Waals surface area (Å²) in [6, 6.07) is 90.7. The van der Waals surface area contributed by atoms with Crippen molar-refractivity contribution in [3.05, 3.63) is 299 Å². The maximum atomic E-state index is 3.87. The molecule has 0 amide bonds. The van der Waals surface area contributed by atoms with Gasteiger partial charge in [0.15, 0.2) is 0 Å². The van der Waals surface area contributed by atoms with Crippen LogP contribution in [0.3, 0.4) is 0 Å². The van der Waals surface area contributed by atoms with Crippen molar-refractivity contribution in [2.24, 2.45) is 0 Å². The van der Waals surface area contributed by atoms with Crippen molar-refractivity contribution in [3.8, 4) is 47.4 Å². The van der Waals surface area contributed by atoms with Crippen molar-refractivity contribution in [2.75, 3.05) is 0 Å². The molecule has 0 aliphatic carbocycles. The van der Waals surface area contributed by atoms with Crippen LogP contribution in [0.25, 0.3) is 108 Å². The van der Waals surface area contributed by atoms with E-state index in [-0.39, 0.29) is 0 Å². The van der Waals surface area contributed by atoms with Crippen LogP contribution in [0.5, 0.6) is 0 Å². The van der Waals surface area contributed by atoms with Gasteiger partial charge in [-0.2, -0.15) is 0 Å². The molecule has 0 saturated heterocycles. The first-order chi connectivity index (χ1) is 38.7. The fraction of sp³-hybridized carbons (Fsp3) is 0. The summed E-state index contributed by atoms with van der Waals surface area (Å²) in [4.78, 5) is 0. The Hall–Kier alpha value is -10.9.